The lowest BCUT2D eigenvalue weighted by Crippen LogP contribution is -2.47. The highest BCUT2D eigenvalue weighted by atomic mass is 35.5. The maximum Gasteiger partial charge on any atom is 0.242 e. The Morgan fingerprint density at radius 3 is 2.07 bits per heavy atom. The van der Waals surface area contributed by atoms with Gasteiger partial charge in [0.05, 0.1) is 5.75 Å². The molecule has 9 heteroatoms. The summed E-state index contributed by atoms with van der Waals surface area (Å²) in [6, 6.07) is 9.68. The number of thioether (sulfide) groups is 1. The van der Waals surface area contributed by atoms with Gasteiger partial charge in [-0.1, -0.05) is 58.5 Å². The third kappa shape index (κ3) is 6.97. The van der Waals surface area contributed by atoms with Crippen molar-refractivity contribution in [2.24, 2.45) is 0 Å². The van der Waals surface area contributed by atoms with Crippen molar-refractivity contribution in [3.63, 3.8) is 0 Å². The molecular weight excluding hydrogens is 474 g/mol. The zero-order valence-electron chi connectivity index (χ0n) is 15.8. The van der Waals surface area contributed by atoms with Crippen LogP contribution < -0.4 is 5.32 Å². The van der Waals surface area contributed by atoms with Crippen molar-refractivity contribution in [3.05, 3.63) is 67.6 Å². The SMILES string of the molecule is CNC(=O)C(C)N(Cc1ccc(Cl)cc1Cl)C(=O)CSCc1ccc(Cl)cc1Cl. The van der Waals surface area contributed by atoms with Gasteiger partial charge in [-0.25, -0.2) is 0 Å². The van der Waals surface area contributed by atoms with Crippen LogP contribution in [-0.4, -0.2) is 35.6 Å². The summed E-state index contributed by atoms with van der Waals surface area (Å²) in [4.78, 5) is 26.6. The van der Waals surface area contributed by atoms with Gasteiger partial charge >= 0.3 is 0 Å². The molecule has 156 valence electrons. The van der Waals surface area contributed by atoms with Crippen molar-refractivity contribution in [1.82, 2.24) is 10.2 Å². The lowest BCUT2D eigenvalue weighted by atomic mass is 10.1. The van der Waals surface area contributed by atoms with E-state index in [-0.39, 0.29) is 24.1 Å². The summed E-state index contributed by atoms with van der Waals surface area (Å²) >= 11 is 25.7. The molecule has 0 saturated carbocycles. The van der Waals surface area contributed by atoms with Gasteiger partial charge in [-0.3, -0.25) is 9.59 Å². The minimum Gasteiger partial charge on any atom is -0.357 e. The molecule has 29 heavy (non-hydrogen) atoms. The molecule has 4 nitrogen and oxygen atoms in total. The molecule has 0 saturated heterocycles. The van der Waals surface area contributed by atoms with E-state index in [0.29, 0.717) is 31.4 Å². The van der Waals surface area contributed by atoms with E-state index in [2.05, 4.69) is 5.32 Å². The fourth-order valence-electron chi connectivity index (χ4n) is 2.59. The predicted octanol–water partition coefficient (Wildman–Crippen LogP) is 5.70. The zero-order chi connectivity index (χ0) is 21.6. The van der Waals surface area contributed by atoms with Gasteiger partial charge in [-0.15, -0.1) is 11.8 Å². The summed E-state index contributed by atoms with van der Waals surface area (Å²) in [5.41, 5.74) is 1.60. The van der Waals surface area contributed by atoms with Crippen molar-refractivity contribution in [3.8, 4) is 0 Å². The standard InChI is InChI=1S/C20H20Cl4N2O2S/c1-12(20(28)25-2)26(9-13-3-5-15(21)7-17(13)23)19(27)11-29-10-14-4-6-16(22)8-18(14)24/h3-8,12H,9-11H2,1-2H3,(H,25,28). The number of halogens is 4. The van der Waals surface area contributed by atoms with Gasteiger partial charge in [0.1, 0.15) is 6.04 Å². The number of hydrogen-bond donors (Lipinski definition) is 1. The quantitative estimate of drug-likeness (QED) is 0.513. The van der Waals surface area contributed by atoms with E-state index in [4.69, 9.17) is 46.4 Å². The van der Waals surface area contributed by atoms with Crippen LogP contribution in [0.1, 0.15) is 18.1 Å². The second-order valence-electron chi connectivity index (χ2n) is 6.28. The highest BCUT2D eigenvalue weighted by molar-refractivity contribution is 7.99. The molecule has 2 rings (SSSR count). The first-order chi connectivity index (χ1) is 13.7. The normalized spacial score (nSPS) is 11.8. The molecule has 0 aliphatic carbocycles. The number of hydrogen-bond acceptors (Lipinski definition) is 3. The van der Waals surface area contributed by atoms with Crippen LogP contribution in [0.4, 0.5) is 0 Å². The van der Waals surface area contributed by atoms with Gasteiger partial charge in [0.2, 0.25) is 11.8 Å². The molecule has 0 aromatic heterocycles. The Morgan fingerprint density at radius 2 is 1.55 bits per heavy atom. The third-order valence-corrected chi connectivity index (χ3v) is 6.41. The van der Waals surface area contributed by atoms with Crippen LogP contribution in [0, 0.1) is 0 Å². The first-order valence-electron chi connectivity index (χ1n) is 8.69. The minimum atomic E-state index is -0.654. The van der Waals surface area contributed by atoms with Crippen molar-refractivity contribution in [1.29, 1.82) is 0 Å². The predicted molar refractivity (Wildman–Crippen MR) is 123 cm³/mol. The molecule has 0 aliphatic heterocycles. The summed E-state index contributed by atoms with van der Waals surface area (Å²) in [6.45, 7) is 1.88. The first kappa shape index (κ1) is 24.2. The molecule has 0 fully saturated rings. The molecule has 2 aromatic carbocycles. The number of carbonyl (C=O) groups excluding carboxylic acids is 2. The molecule has 2 aromatic rings. The Kier molecular flexibility index (Phi) is 9.44. The lowest BCUT2D eigenvalue weighted by Gasteiger charge is -2.28. The highest BCUT2D eigenvalue weighted by Gasteiger charge is 2.26. The van der Waals surface area contributed by atoms with Gasteiger partial charge in [0.15, 0.2) is 0 Å². The van der Waals surface area contributed by atoms with Gasteiger partial charge < -0.3 is 10.2 Å². The maximum absolute atomic E-state index is 12.9. The van der Waals surface area contributed by atoms with E-state index in [9.17, 15) is 9.59 Å². The highest BCUT2D eigenvalue weighted by Crippen LogP contribution is 2.26. The molecule has 0 bridgehead atoms. The average molecular weight is 494 g/mol. The van der Waals surface area contributed by atoms with Crippen LogP contribution in [0.2, 0.25) is 20.1 Å². The largest absolute Gasteiger partial charge is 0.357 e. The lowest BCUT2D eigenvalue weighted by molar-refractivity contribution is -0.138. The van der Waals surface area contributed by atoms with E-state index < -0.39 is 6.04 Å². The summed E-state index contributed by atoms with van der Waals surface area (Å²) in [5.74, 6) is 0.299. The van der Waals surface area contributed by atoms with E-state index in [0.717, 1.165) is 5.56 Å². The van der Waals surface area contributed by atoms with E-state index in [1.165, 1.54) is 23.7 Å². The summed E-state index contributed by atoms with van der Waals surface area (Å²) < 4.78 is 0. The summed E-state index contributed by atoms with van der Waals surface area (Å²) in [6.07, 6.45) is 0. The third-order valence-electron chi connectivity index (χ3n) is 4.27. The minimum absolute atomic E-state index is 0.179. The fraction of sp³-hybridized carbons (Fsp3) is 0.300. The monoisotopic (exact) mass is 492 g/mol. The van der Waals surface area contributed by atoms with Gasteiger partial charge in [0.25, 0.3) is 0 Å². The number of carbonyl (C=O) groups is 2. The Hall–Kier alpha value is -1.11. The van der Waals surface area contributed by atoms with E-state index in [1.807, 2.05) is 6.07 Å². The number of likely N-dealkylation sites (N-methyl/N-ethyl adjacent to an activating group) is 1. The van der Waals surface area contributed by atoms with Crippen LogP contribution >= 0.6 is 58.2 Å². The second-order valence-corrected chi connectivity index (χ2v) is 8.95. The van der Waals surface area contributed by atoms with Crippen molar-refractivity contribution in [2.75, 3.05) is 12.8 Å². The Morgan fingerprint density at radius 1 is 1.00 bits per heavy atom. The molecule has 0 aliphatic rings. The molecule has 0 radical (unpaired) electrons. The van der Waals surface area contributed by atoms with Crippen LogP contribution in [0.3, 0.4) is 0 Å². The maximum atomic E-state index is 12.9. The van der Waals surface area contributed by atoms with Crippen LogP contribution in [-0.2, 0) is 21.9 Å². The molecule has 1 unspecified atom stereocenters. The van der Waals surface area contributed by atoms with Gasteiger partial charge in [-0.05, 0) is 42.3 Å². The first-order valence-corrected chi connectivity index (χ1v) is 11.4. The van der Waals surface area contributed by atoms with Crippen LogP contribution in [0.25, 0.3) is 0 Å². The molecule has 1 N–H and O–H groups in total. The summed E-state index contributed by atoms with van der Waals surface area (Å²) in [7, 11) is 1.54. The zero-order valence-corrected chi connectivity index (χ0v) is 19.7. The van der Waals surface area contributed by atoms with Crippen molar-refractivity contribution in [2.45, 2.75) is 25.3 Å². The number of nitrogens with one attached hydrogen (secondary N) is 1. The Bertz CT molecular complexity index is 895. The number of nitrogens with zero attached hydrogens (tertiary/aromatic N) is 1. The molecule has 2 amide bonds. The number of amides is 2. The topological polar surface area (TPSA) is 49.4 Å². The second kappa shape index (κ2) is 11.3. The van der Waals surface area contributed by atoms with Crippen LogP contribution in [0.15, 0.2) is 36.4 Å². The fourth-order valence-corrected chi connectivity index (χ4v) is 4.53. The molecule has 1 atom stereocenters. The molecular formula is C20H20Cl4N2O2S. The molecule has 0 heterocycles. The van der Waals surface area contributed by atoms with E-state index in [1.54, 1.807) is 37.3 Å². The Labute approximate surface area is 194 Å². The van der Waals surface area contributed by atoms with Gasteiger partial charge in [-0.2, -0.15) is 0 Å². The van der Waals surface area contributed by atoms with Gasteiger partial charge in [0, 0.05) is 39.4 Å². The van der Waals surface area contributed by atoms with Crippen molar-refractivity contribution >= 4 is 70.0 Å². The Balaban J connectivity index is 2.10. The van der Waals surface area contributed by atoms with Crippen molar-refractivity contribution < 1.29 is 9.59 Å². The smallest absolute Gasteiger partial charge is 0.242 e. The number of benzene rings is 2. The average Bonchev–Trinajstić information content (AvgIpc) is 2.67. The van der Waals surface area contributed by atoms with E-state index >= 15 is 0 Å². The summed E-state index contributed by atoms with van der Waals surface area (Å²) in [5, 5.41) is 4.65. The molecule has 0 spiro atoms. The number of rotatable bonds is 8. The van der Waals surface area contributed by atoms with Crippen LogP contribution in [0.5, 0.6) is 0 Å².